The molecule has 1 fully saturated rings. The Hall–Kier alpha value is -2.41. The van der Waals surface area contributed by atoms with Crippen LogP contribution in [0.3, 0.4) is 0 Å². The van der Waals surface area contributed by atoms with Crippen molar-refractivity contribution in [1.82, 2.24) is 4.98 Å². The van der Waals surface area contributed by atoms with E-state index in [4.69, 9.17) is 0 Å². The fourth-order valence-electron chi connectivity index (χ4n) is 2.73. The van der Waals surface area contributed by atoms with E-state index in [-0.39, 0.29) is 0 Å². The monoisotopic (exact) mass is 271 g/mol. The lowest BCUT2D eigenvalue weighted by Gasteiger charge is -2.06. The quantitative estimate of drug-likeness (QED) is 0.630. The van der Waals surface area contributed by atoms with Crippen molar-refractivity contribution in [2.45, 2.75) is 18.8 Å². The van der Waals surface area contributed by atoms with Crippen LogP contribution in [-0.2, 0) is 0 Å². The van der Waals surface area contributed by atoms with Crippen molar-refractivity contribution in [3.8, 4) is 22.4 Å². The maximum atomic E-state index is 4.62. The largest absolute Gasteiger partial charge is 0.256 e. The molecule has 1 nitrogen and oxygen atoms in total. The Morgan fingerprint density at radius 2 is 1.52 bits per heavy atom. The third kappa shape index (κ3) is 2.59. The number of rotatable bonds is 3. The van der Waals surface area contributed by atoms with Crippen LogP contribution in [0.5, 0.6) is 0 Å². The van der Waals surface area contributed by atoms with E-state index < -0.39 is 0 Å². The summed E-state index contributed by atoms with van der Waals surface area (Å²) < 4.78 is 0. The van der Waals surface area contributed by atoms with E-state index in [1.54, 1.807) is 0 Å². The molecule has 0 unspecified atom stereocenters. The highest BCUT2D eigenvalue weighted by Crippen LogP contribution is 2.41. The van der Waals surface area contributed by atoms with E-state index in [1.807, 2.05) is 24.4 Å². The van der Waals surface area contributed by atoms with Crippen molar-refractivity contribution in [3.05, 3.63) is 78.5 Å². The van der Waals surface area contributed by atoms with Gasteiger partial charge >= 0.3 is 0 Å². The Bertz CT molecular complexity index is 740. The van der Waals surface area contributed by atoms with Gasteiger partial charge < -0.3 is 0 Å². The Balaban J connectivity index is 1.65. The highest BCUT2D eigenvalue weighted by Gasteiger charge is 2.23. The third-order valence-electron chi connectivity index (χ3n) is 4.10. The van der Waals surface area contributed by atoms with Gasteiger partial charge in [-0.2, -0.15) is 0 Å². The predicted octanol–water partition coefficient (Wildman–Crippen LogP) is 5.29. The van der Waals surface area contributed by atoms with Gasteiger partial charge in [-0.05, 0) is 36.0 Å². The minimum atomic E-state index is 0.793. The van der Waals surface area contributed by atoms with E-state index in [1.165, 1.54) is 29.5 Å². The Morgan fingerprint density at radius 3 is 2.24 bits per heavy atom. The lowest BCUT2D eigenvalue weighted by Crippen LogP contribution is -1.86. The second-order valence-electron chi connectivity index (χ2n) is 5.70. The molecule has 1 aromatic heterocycles. The van der Waals surface area contributed by atoms with Gasteiger partial charge in [0, 0.05) is 17.3 Å². The smallest absolute Gasteiger partial charge is 0.0702 e. The molecule has 1 aliphatic rings. The zero-order chi connectivity index (χ0) is 14.1. The van der Waals surface area contributed by atoms with E-state index in [0.29, 0.717) is 0 Å². The molecule has 21 heavy (non-hydrogen) atoms. The minimum Gasteiger partial charge on any atom is -0.256 e. The summed E-state index contributed by atoms with van der Waals surface area (Å²) in [6.07, 6.45) is 4.66. The van der Waals surface area contributed by atoms with Crippen LogP contribution in [0.1, 0.15) is 24.3 Å². The van der Waals surface area contributed by atoms with E-state index in [0.717, 1.165) is 17.2 Å². The molecule has 0 N–H and O–H groups in total. The molecule has 3 aromatic rings. The number of pyridine rings is 1. The van der Waals surface area contributed by atoms with Gasteiger partial charge in [-0.1, -0.05) is 60.7 Å². The first kappa shape index (κ1) is 12.3. The molecule has 2 aromatic carbocycles. The average Bonchev–Trinajstić information content (AvgIpc) is 3.41. The van der Waals surface area contributed by atoms with E-state index >= 15 is 0 Å². The highest BCUT2D eigenvalue weighted by atomic mass is 14.7. The average molecular weight is 271 g/mol. The van der Waals surface area contributed by atoms with Crippen molar-refractivity contribution in [3.63, 3.8) is 0 Å². The number of hydrogen-bond donors (Lipinski definition) is 0. The molecule has 1 heteroatoms. The van der Waals surface area contributed by atoms with Gasteiger partial charge in [0.25, 0.3) is 0 Å². The molecule has 0 radical (unpaired) electrons. The van der Waals surface area contributed by atoms with Crippen molar-refractivity contribution < 1.29 is 0 Å². The molecular formula is C20H17N. The van der Waals surface area contributed by atoms with Gasteiger partial charge in [0.05, 0.1) is 5.69 Å². The number of aromatic nitrogens is 1. The first-order chi connectivity index (χ1) is 10.4. The van der Waals surface area contributed by atoms with Gasteiger partial charge in [0.2, 0.25) is 0 Å². The van der Waals surface area contributed by atoms with Gasteiger partial charge in [-0.15, -0.1) is 0 Å². The van der Waals surface area contributed by atoms with Crippen molar-refractivity contribution in [1.29, 1.82) is 0 Å². The van der Waals surface area contributed by atoms with Crippen molar-refractivity contribution >= 4 is 0 Å². The summed E-state index contributed by atoms with van der Waals surface area (Å²) in [5, 5.41) is 0. The maximum absolute atomic E-state index is 4.62. The summed E-state index contributed by atoms with van der Waals surface area (Å²) >= 11 is 0. The zero-order valence-electron chi connectivity index (χ0n) is 11.9. The van der Waals surface area contributed by atoms with Gasteiger partial charge in [-0.3, -0.25) is 4.98 Å². The zero-order valence-corrected chi connectivity index (χ0v) is 11.9. The van der Waals surface area contributed by atoms with E-state index in [2.05, 4.69) is 53.5 Å². The molecule has 1 heterocycles. The molecule has 4 rings (SSSR count). The topological polar surface area (TPSA) is 12.9 Å². The van der Waals surface area contributed by atoms with Crippen LogP contribution in [-0.4, -0.2) is 4.98 Å². The molecule has 0 atom stereocenters. The van der Waals surface area contributed by atoms with Crippen LogP contribution in [0, 0.1) is 0 Å². The Kier molecular flexibility index (Phi) is 3.04. The summed E-state index contributed by atoms with van der Waals surface area (Å²) in [5.74, 6) is 0.793. The molecule has 0 saturated heterocycles. The fraction of sp³-hybridized carbons (Fsp3) is 0.150. The second kappa shape index (κ2) is 5.17. The van der Waals surface area contributed by atoms with Crippen LogP contribution >= 0.6 is 0 Å². The summed E-state index contributed by atoms with van der Waals surface area (Å²) in [6.45, 7) is 0. The van der Waals surface area contributed by atoms with Gasteiger partial charge in [0.15, 0.2) is 0 Å². The first-order valence-electron chi connectivity index (χ1n) is 7.52. The molecule has 0 spiro atoms. The lowest BCUT2D eigenvalue weighted by molar-refractivity contribution is 1.13. The molecule has 1 saturated carbocycles. The van der Waals surface area contributed by atoms with Crippen molar-refractivity contribution in [2.24, 2.45) is 0 Å². The van der Waals surface area contributed by atoms with E-state index in [9.17, 15) is 0 Å². The third-order valence-corrected chi connectivity index (χ3v) is 4.10. The van der Waals surface area contributed by atoms with Gasteiger partial charge in [0.1, 0.15) is 0 Å². The van der Waals surface area contributed by atoms with Gasteiger partial charge in [-0.25, -0.2) is 0 Å². The summed E-state index contributed by atoms with van der Waals surface area (Å²) in [5.41, 5.74) is 6.12. The predicted molar refractivity (Wildman–Crippen MR) is 87.1 cm³/mol. The number of benzene rings is 2. The standard InChI is InChI=1S/C20H17N/c1-2-5-16(6-3-1)20-12-11-19(14-21-20)18-8-4-7-17(13-18)15-9-10-15/h1-8,11-15H,9-10H2. The molecule has 0 aliphatic heterocycles. The first-order valence-corrected chi connectivity index (χ1v) is 7.52. The molecule has 0 amide bonds. The lowest BCUT2D eigenvalue weighted by atomic mass is 10.0. The molecule has 102 valence electrons. The minimum absolute atomic E-state index is 0.793. The summed E-state index contributed by atoms with van der Waals surface area (Å²) in [7, 11) is 0. The molecular weight excluding hydrogens is 254 g/mol. The molecule has 0 bridgehead atoms. The van der Waals surface area contributed by atoms with Crippen molar-refractivity contribution in [2.75, 3.05) is 0 Å². The highest BCUT2D eigenvalue weighted by molar-refractivity contribution is 5.67. The van der Waals surface area contributed by atoms with Crippen LogP contribution in [0.15, 0.2) is 72.9 Å². The number of nitrogens with zero attached hydrogens (tertiary/aromatic N) is 1. The summed E-state index contributed by atoms with van der Waals surface area (Å²) in [6, 6.07) is 23.5. The maximum Gasteiger partial charge on any atom is 0.0702 e. The van der Waals surface area contributed by atoms with Crippen LogP contribution < -0.4 is 0 Å². The summed E-state index contributed by atoms with van der Waals surface area (Å²) in [4.78, 5) is 4.62. The second-order valence-corrected chi connectivity index (χ2v) is 5.70. The SMILES string of the molecule is c1ccc(-c2ccc(-c3cccc(C4CC4)c3)cn2)cc1. The fourth-order valence-corrected chi connectivity index (χ4v) is 2.73. The number of hydrogen-bond acceptors (Lipinski definition) is 1. The molecule has 1 aliphatic carbocycles. The van der Waals surface area contributed by atoms with Crippen LogP contribution in [0.2, 0.25) is 0 Å². The van der Waals surface area contributed by atoms with Crippen LogP contribution in [0.4, 0.5) is 0 Å². The Morgan fingerprint density at radius 1 is 0.714 bits per heavy atom. The normalized spacial score (nSPS) is 14.1. The Labute approximate surface area is 125 Å². The van der Waals surface area contributed by atoms with Crippen LogP contribution in [0.25, 0.3) is 22.4 Å².